The quantitative estimate of drug-likeness (QED) is 0.909. The monoisotopic (exact) mass is 309 g/mol. The summed E-state index contributed by atoms with van der Waals surface area (Å²) in [5.41, 5.74) is 1.06. The van der Waals surface area contributed by atoms with Crippen molar-refractivity contribution in [3.63, 3.8) is 0 Å². The summed E-state index contributed by atoms with van der Waals surface area (Å²) < 4.78 is 27.1. The molecule has 0 unspecified atom stereocenters. The number of aliphatic hydroxyl groups excluding tert-OH is 1. The first-order valence-electron chi connectivity index (χ1n) is 7.64. The molecule has 3 rings (SSSR count). The third kappa shape index (κ3) is 2.62. The highest BCUT2D eigenvalue weighted by atomic mass is 32.2. The van der Waals surface area contributed by atoms with E-state index in [9.17, 15) is 13.5 Å². The third-order valence-electron chi connectivity index (χ3n) is 5.25. The van der Waals surface area contributed by atoms with Crippen molar-refractivity contribution >= 4 is 10.0 Å². The zero-order valence-electron chi connectivity index (χ0n) is 12.6. The molecular weight excluding hydrogens is 286 g/mol. The summed E-state index contributed by atoms with van der Waals surface area (Å²) in [5.74, 6) is 0.944. The van der Waals surface area contributed by atoms with Gasteiger partial charge >= 0.3 is 0 Å². The van der Waals surface area contributed by atoms with Crippen LogP contribution in [0.25, 0.3) is 0 Å². The predicted molar refractivity (Wildman–Crippen MR) is 81.3 cm³/mol. The van der Waals surface area contributed by atoms with E-state index in [1.165, 1.54) is 0 Å². The Morgan fingerprint density at radius 2 is 1.90 bits per heavy atom. The van der Waals surface area contributed by atoms with Gasteiger partial charge in [-0.1, -0.05) is 24.6 Å². The van der Waals surface area contributed by atoms with Crippen molar-refractivity contribution in [2.75, 3.05) is 13.1 Å². The Hall–Kier alpha value is -0.910. The molecule has 1 aromatic carbocycles. The first-order valence-corrected chi connectivity index (χ1v) is 9.08. The Morgan fingerprint density at radius 3 is 2.57 bits per heavy atom. The maximum Gasteiger partial charge on any atom is 0.243 e. The van der Waals surface area contributed by atoms with E-state index >= 15 is 0 Å². The molecule has 2 aliphatic rings. The molecule has 4 nitrogen and oxygen atoms in total. The fourth-order valence-corrected chi connectivity index (χ4v) is 5.27. The van der Waals surface area contributed by atoms with Crippen LogP contribution in [0.3, 0.4) is 0 Å². The number of fused-ring (bicyclic) bond motifs is 1. The molecule has 1 saturated heterocycles. The average molecular weight is 309 g/mol. The van der Waals surface area contributed by atoms with Crippen molar-refractivity contribution in [2.45, 2.75) is 37.7 Å². The zero-order valence-corrected chi connectivity index (χ0v) is 13.4. The van der Waals surface area contributed by atoms with Crippen LogP contribution < -0.4 is 0 Å². The van der Waals surface area contributed by atoms with Gasteiger partial charge in [-0.2, -0.15) is 4.31 Å². The Labute approximate surface area is 126 Å². The summed E-state index contributed by atoms with van der Waals surface area (Å²) in [5, 5.41) is 10.00. The molecule has 21 heavy (non-hydrogen) atoms. The number of piperidine rings is 1. The van der Waals surface area contributed by atoms with E-state index in [4.69, 9.17) is 0 Å². The highest BCUT2D eigenvalue weighted by molar-refractivity contribution is 7.89. The Bertz CT molecular complexity index is 611. The number of benzene rings is 1. The van der Waals surface area contributed by atoms with Crippen LogP contribution in [0.15, 0.2) is 29.2 Å². The standard InChI is InChI=1S/C16H23NO3S/c1-11-3-5-14(6-4-11)21(19,20)17-8-7-13-9-16(18)12(2)15(13)10-17/h3-6,12-13,15-16,18H,7-10H2,1-2H3/t12-,13-,15+,16+/m0/s1. The molecule has 1 N–H and O–H groups in total. The molecule has 5 heteroatoms. The van der Waals surface area contributed by atoms with Crippen molar-refractivity contribution in [2.24, 2.45) is 17.8 Å². The molecule has 2 fully saturated rings. The molecule has 1 saturated carbocycles. The summed E-state index contributed by atoms with van der Waals surface area (Å²) in [6.45, 7) is 5.09. The maximum absolute atomic E-state index is 12.7. The number of aliphatic hydroxyl groups is 1. The van der Waals surface area contributed by atoms with E-state index in [1.54, 1.807) is 16.4 Å². The van der Waals surface area contributed by atoms with Crippen molar-refractivity contribution in [3.05, 3.63) is 29.8 Å². The third-order valence-corrected chi connectivity index (χ3v) is 7.13. The normalized spacial score (nSPS) is 33.9. The predicted octanol–water partition coefficient (Wildman–Crippen LogP) is 2.02. The second-order valence-electron chi connectivity index (χ2n) is 6.55. The van der Waals surface area contributed by atoms with Gasteiger partial charge in [0.25, 0.3) is 0 Å². The van der Waals surface area contributed by atoms with Crippen molar-refractivity contribution in [1.82, 2.24) is 4.31 Å². The molecular formula is C16H23NO3S. The van der Waals surface area contributed by atoms with Gasteiger partial charge < -0.3 is 5.11 Å². The summed E-state index contributed by atoms with van der Waals surface area (Å²) in [6.07, 6.45) is 1.41. The molecule has 116 valence electrons. The van der Waals surface area contributed by atoms with Crippen LogP contribution in [0, 0.1) is 24.7 Å². The highest BCUT2D eigenvalue weighted by Gasteiger charge is 2.45. The van der Waals surface area contributed by atoms with Crippen LogP contribution in [-0.2, 0) is 10.0 Å². The van der Waals surface area contributed by atoms with Gasteiger partial charge in [-0.3, -0.25) is 0 Å². The zero-order chi connectivity index (χ0) is 15.2. The lowest BCUT2D eigenvalue weighted by Gasteiger charge is -2.35. The fourth-order valence-electron chi connectivity index (χ4n) is 3.78. The molecule has 0 aromatic heterocycles. The summed E-state index contributed by atoms with van der Waals surface area (Å²) >= 11 is 0. The minimum atomic E-state index is -3.41. The van der Waals surface area contributed by atoms with Gasteiger partial charge in [0.15, 0.2) is 0 Å². The summed E-state index contributed by atoms with van der Waals surface area (Å²) in [4.78, 5) is 0.373. The molecule has 0 amide bonds. The van der Waals surface area contributed by atoms with Crippen molar-refractivity contribution < 1.29 is 13.5 Å². The van der Waals surface area contributed by atoms with E-state index in [2.05, 4.69) is 0 Å². The lowest BCUT2D eigenvalue weighted by Crippen LogP contribution is -2.43. The molecule has 0 bridgehead atoms. The molecule has 4 atom stereocenters. The number of rotatable bonds is 2. The minimum Gasteiger partial charge on any atom is -0.393 e. The van der Waals surface area contributed by atoms with E-state index in [1.807, 2.05) is 26.0 Å². The average Bonchev–Trinajstić information content (AvgIpc) is 2.74. The molecule has 1 heterocycles. The van der Waals surface area contributed by atoms with E-state index in [0.717, 1.165) is 18.4 Å². The highest BCUT2D eigenvalue weighted by Crippen LogP contribution is 2.43. The molecule has 1 aromatic rings. The number of aryl methyl sites for hydroxylation is 1. The van der Waals surface area contributed by atoms with Gasteiger partial charge in [0, 0.05) is 13.1 Å². The van der Waals surface area contributed by atoms with Crippen LogP contribution in [0.4, 0.5) is 0 Å². The molecule has 0 radical (unpaired) electrons. The second kappa shape index (κ2) is 5.38. The molecule has 1 aliphatic heterocycles. The Kier molecular flexibility index (Phi) is 3.84. The van der Waals surface area contributed by atoms with Gasteiger partial charge in [-0.05, 0) is 49.7 Å². The number of nitrogens with zero attached hydrogens (tertiary/aromatic N) is 1. The lowest BCUT2D eigenvalue weighted by atomic mass is 9.85. The largest absolute Gasteiger partial charge is 0.393 e. The smallest absolute Gasteiger partial charge is 0.243 e. The number of hydrogen-bond acceptors (Lipinski definition) is 3. The van der Waals surface area contributed by atoms with Gasteiger partial charge in [-0.25, -0.2) is 8.42 Å². The van der Waals surface area contributed by atoms with Crippen molar-refractivity contribution in [1.29, 1.82) is 0 Å². The molecule has 0 spiro atoms. The van der Waals surface area contributed by atoms with Crippen LogP contribution in [-0.4, -0.2) is 37.0 Å². The van der Waals surface area contributed by atoms with Gasteiger partial charge in [0.1, 0.15) is 0 Å². The van der Waals surface area contributed by atoms with E-state index < -0.39 is 10.0 Å². The van der Waals surface area contributed by atoms with Crippen LogP contribution in [0.2, 0.25) is 0 Å². The Morgan fingerprint density at radius 1 is 1.24 bits per heavy atom. The van der Waals surface area contributed by atoms with Crippen molar-refractivity contribution in [3.8, 4) is 0 Å². The van der Waals surface area contributed by atoms with Crippen LogP contribution in [0.5, 0.6) is 0 Å². The summed E-state index contributed by atoms with van der Waals surface area (Å²) in [6, 6.07) is 7.04. The fraction of sp³-hybridized carbons (Fsp3) is 0.625. The van der Waals surface area contributed by atoms with E-state index in [-0.39, 0.29) is 17.9 Å². The van der Waals surface area contributed by atoms with Crippen LogP contribution >= 0.6 is 0 Å². The first-order chi connectivity index (χ1) is 9.89. The Balaban J connectivity index is 1.82. The van der Waals surface area contributed by atoms with Gasteiger partial charge in [0.05, 0.1) is 11.0 Å². The summed E-state index contributed by atoms with van der Waals surface area (Å²) in [7, 11) is -3.41. The SMILES string of the molecule is Cc1ccc(S(=O)(=O)N2CC[C@H]3C[C@@H](O)[C@@H](C)[C@H]3C2)cc1. The number of sulfonamides is 1. The van der Waals surface area contributed by atoms with Gasteiger partial charge in [0.2, 0.25) is 10.0 Å². The van der Waals surface area contributed by atoms with Gasteiger partial charge in [-0.15, -0.1) is 0 Å². The molecule has 1 aliphatic carbocycles. The number of hydrogen-bond donors (Lipinski definition) is 1. The maximum atomic E-state index is 12.7. The lowest BCUT2D eigenvalue weighted by molar-refractivity contribution is 0.120. The first kappa shape index (κ1) is 15.0. The second-order valence-corrected chi connectivity index (χ2v) is 8.49. The van der Waals surface area contributed by atoms with Crippen LogP contribution in [0.1, 0.15) is 25.3 Å². The minimum absolute atomic E-state index is 0.186. The van der Waals surface area contributed by atoms with E-state index in [0.29, 0.717) is 23.9 Å². The topological polar surface area (TPSA) is 57.6 Å².